The van der Waals surface area contributed by atoms with E-state index in [1.165, 1.54) is 5.56 Å². The van der Waals surface area contributed by atoms with Gasteiger partial charge in [0.15, 0.2) is 0 Å². The van der Waals surface area contributed by atoms with Crippen LogP contribution in [-0.2, 0) is 4.79 Å². The van der Waals surface area contributed by atoms with Crippen LogP contribution in [0.4, 0.5) is 5.69 Å². The highest BCUT2D eigenvalue weighted by molar-refractivity contribution is 5.95. The lowest BCUT2D eigenvalue weighted by Gasteiger charge is -2.15. The van der Waals surface area contributed by atoms with E-state index in [1.54, 1.807) is 6.92 Å². The molecular weight excluding hydrogens is 300 g/mol. The van der Waals surface area contributed by atoms with E-state index in [0.717, 1.165) is 23.2 Å². The van der Waals surface area contributed by atoms with Crippen LogP contribution < -0.4 is 10.2 Å². The Morgan fingerprint density at radius 3 is 2.58 bits per heavy atom. The van der Waals surface area contributed by atoms with Crippen LogP contribution in [0.3, 0.4) is 0 Å². The highest BCUT2D eigenvalue weighted by Crippen LogP contribution is 2.37. The monoisotopic (exact) mass is 322 g/mol. The number of amides is 2. The SMILES string of the molecule is CC(=O)N1CC(CCNC(=O)c2ccccc2C)c2ccccc21. The van der Waals surface area contributed by atoms with Crippen LogP contribution in [0.2, 0.25) is 0 Å². The smallest absolute Gasteiger partial charge is 0.251 e. The molecule has 2 aromatic rings. The summed E-state index contributed by atoms with van der Waals surface area (Å²) in [5.41, 5.74) is 3.89. The Bertz CT molecular complexity index is 770. The molecule has 2 aromatic carbocycles. The molecule has 4 heteroatoms. The Kier molecular flexibility index (Phi) is 4.65. The van der Waals surface area contributed by atoms with Gasteiger partial charge in [0.2, 0.25) is 5.91 Å². The molecule has 0 saturated heterocycles. The molecule has 0 radical (unpaired) electrons. The Balaban J connectivity index is 1.63. The number of carbonyl (C=O) groups excluding carboxylic acids is 2. The van der Waals surface area contributed by atoms with Crippen LogP contribution in [0.1, 0.15) is 40.7 Å². The number of fused-ring (bicyclic) bond motifs is 1. The second kappa shape index (κ2) is 6.87. The maximum Gasteiger partial charge on any atom is 0.251 e. The average molecular weight is 322 g/mol. The molecule has 1 aliphatic heterocycles. The van der Waals surface area contributed by atoms with Gasteiger partial charge in [-0.3, -0.25) is 9.59 Å². The van der Waals surface area contributed by atoms with E-state index in [4.69, 9.17) is 0 Å². The maximum absolute atomic E-state index is 12.3. The third-order valence-corrected chi connectivity index (χ3v) is 4.62. The van der Waals surface area contributed by atoms with Gasteiger partial charge in [0.05, 0.1) is 0 Å². The molecule has 1 aliphatic rings. The first-order valence-corrected chi connectivity index (χ1v) is 8.29. The summed E-state index contributed by atoms with van der Waals surface area (Å²) < 4.78 is 0. The van der Waals surface area contributed by atoms with Gasteiger partial charge in [-0.1, -0.05) is 36.4 Å². The standard InChI is InChI=1S/C20H22N2O2/c1-14-7-3-4-8-17(14)20(24)21-12-11-16-13-22(15(2)23)19-10-6-5-9-18(16)19/h3-10,16H,11-13H2,1-2H3,(H,21,24). The van der Waals surface area contributed by atoms with Gasteiger partial charge in [-0.2, -0.15) is 0 Å². The van der Waals surface area contributed by atoms with E-state index in [-0.39, 0.29) is 17.7 Å². The summed E-state index contributed by atoms with van der Waals surface area (Å²) in [6.45, 7) is 4.82. The first-order chi connectivity index (χ1) is 11.6. The second-order valence-corrected chi connectivity index (χ2v) is 6.24. The highest BCUT2D eigenvalue weighted by Gasteiger charge is 2.30. The van der Waals surface area contributed by atoms with Gasteiger partial charge in [-0.05, 0) is 36.6 Å². The molecule has 0 aromatic heterocycles. The lowest BCUT2D eigenvalue weighted by atomic mass is 9.98. The number of aryl methyl sites for hydroxylation is 1. The molecule has 0 spiro atoms. The topological polar surface area (TPSA) is 49.4 Å². The zero-order chi connectivity index (χ0) is 17.1. The number of para-hydroxylation sites is 1. The van der Waals surface area contributed by atoms with Crippen molar-refractivity contribution in [3.8, 4) is 0 Å². The van der Waals surface area contributed by atoms with Gasteiger partial charge in [-0.15, -0.1) is 0 Å². The number of hydrogen-bond donors (Lipinski definition) is 1. The van der Waals surface area contributed by atoms with E-state index < -0.39 is 0 Å². The predicted molar refractivity (Wildman–Crippen MR) is 95.3 cm³/mol. The number of hydrogen-bond acceptors (Lipinski definition) is 2. The van der Waals surface area contributed by atoms with Crippen LogP contribution >= 0.6 is 0 Å². The van der Waals surface area contributed by atoms with Crippen molar-refractivity contribution in [1.29, 1.82) is 0 Å². The summed E-state index contributed by atoms with van der Waals surface area (Å²) in [5.74, 6) is 0.291. The molecule has 2 amide bonds. The molecule has 1 unspecified atom stereocenters. The van der Waals surface area contributed by atoms with Crippen molar-refractivity contribution in [2.45, 2.75) is 26.2 Å². The van der Waals surface area contributed by atoms with Gasteiger partial charge >= 0.3 is 0 Å². The molecule has 3 rings (SSSR count). The van der Waals surface area contributed by atoms with E-state index in [9.17, 15) is 9.59 Å². The van der Waals surface area contributed by atoms with Crippen LogP contribution in [0.25, 0.3) is 0 Å². The summed E-state index contributed by atoms with van der Waals surface area (Å²) in [7, 11) is 0. The number of anilines is 1. The Morgan fingerprint density at radius 2 is 1.83 bits per heavy atom. The lowest BCUT2D eigenvalue weighted by molar-refractivity contribution is -0.116. The van der Waals surface area contributed by atoms with E-state index in [0.29, 0.717) is 13.1 Å². The van der Waals surface area contributed by atoms with Crippen molar-refractivity contribution in [2.75, 3.05) is 18.0 Å². The molecule has 24 heavy (non-hydrogen) atoms. The Hall–Kier alpha value is -2.62. The first kappa shape index (κ1) is 16.2. The lowest BCUT2D eigenvalue weighted by Crippen LogP contribution is -2.29. The molecule has 1 N–H and O–H groups in total. The minimum Gasteiger partial charge on any atom is -0.352 e. The molecule has 0 aliphatic carbocycles. The summed E-state index contributed by atoms with van der Waals surface area (Å²) in [6, 6.07) is 15.6. The molecule has 124 valence electrons. The van der Waals surface area contributed by atoms with Crippen molar-refractivity contribution in [3.05, 3.63) is 65.2 Å². The van der Waals surface area contributed by atoms with Crippen LogP contribution in [0, 0.1) is 6.92 Å². The third kappa shape index (κ3) is 3.18. The summed E-state index contributed by atoms with van der Waals surface area (Å²) >= 11 is 0. The van der Waals surface area contributed by atoms with Crippen LogP contribution in [0.5, 0.6) is 0 Å². The Morgan fingerprint density at radius 1 is 1.12 bits per heavy atom. The van der Waals surface area contributed by atoms with Gasteiger partial charge in [0.1, 0.15) is 0 Å². The molecule has 0 saturated carbocycles. The molecule has 0 bridgehead atoms. The maximum atomic E-state index is 12.3. The van der Waals surface area contributed by atoms with Gasteiger partial charge in [0.25, 0.3) is 5.91 Å². The van der Waals surface area contributed by atoms with Crippen molar-refractivity contribution in [3.63, 3.8) is 0 Å². The molecule has 0 fully saturated rings. The van der Waals surface area contributed by atoms with Gasteiger partial charge < -0.3 is 10.2 Å². The number of benzene rings is 2. The zero-order valence-electron chi connectivity index (χ0n) is 14.1. The van der Waals surface area contributed by atoms with Gasteiger partial charge in [-0.25, -0.2) is 0 Å². The molecular formula is C20H22N2O2. The van der Waals surface area contributed by atoms with Crippen molar-refractivity contribution < 1.29 is 9.59 Å². The number of nitrogens with one attached hydrogen (secondary N) is 1. The fourth-order valence-corrected chi connectivity index (χ4v) is 3.32. The number of nitrogens with zero attached hydrogens (tertiary/aromatic N) is 1. The van der Waals surface area contributed by atoms with Crippen molar-refractivity contribution in [2.24, 2.45) is 0 Å². The molecule has 1 heterocycles. The molecule has 4 nitrogen and oxygen atoms in total. The highest BCUT2D eigenvalue weighted by atomic mass is 16.2. The predicted octanol–water partition coefficient (Wildman–Crippen LogP) is 3.27. The summed E-state index contributed by atoms with van der Waals surface area (Å²) in [6.07, 6.45) is 0.818. The minimum atomic E-state index is -0.0391. The Labute approximate surface area is 142 Å². The third-order valence-electron chi connectivity index (χ3n) is 4.62. The van der Waals surface area contributed by atoms with Crippen molar-refractivity contribution >= 4 is 17.5 Å². The molecule has 1 atom stereocenters. The van der Waals surface area contributed by atoms with E-state index in [2.05, 4.69) is 11.4 Å². The average Bonchev–Trinajstić information content (AvgIpc) is 2.94. The van der Waals surface area contributed by atoms with Crippen LogP contribution in [-0.4, -0.2) is 24.9 Å². The quantitative estimate of drug-likeness (QED) is 0.939. The minimum absolute atomic E-state index is 0.0391. The fourth-order valence-electron chi connectivity index (χ4n) is 3.32. The number of rotatable bonds is 4. The van der Waals surface area contributed by atoms with Crippen molar-refractivity contribution in [1.82, 2.24) is 5.32 Å². The zero-order valence-corrected chi connectivity index (χ0v) is 14.1. The van der Waals surface area contributed by atoms with E-state index in [1.807, 2.05) is 54.3 Å². The summed E-state index contributed by atoms with van der Waals surface area (Å²) in [4.78, 5) is 25.9. The first-order valence-electron chi connectivity index (χ1n) is 8.29. The summed E-state index contributed by atoms with van der Waals surface area (Å²) in [5, 5.41) is 3.00. The normalized spacial score (nSPS) is 15.9. The largest absolute Gasteiger partial charge is 0.352 e. The second-order valence-electron chi connectivity index (χ2n) is 6.24. The van der Waals surface area contributed by atoms with Crippen LogP contribution in [0.15, 0.2) is 48.5 Å². The fraction of sp³-hybridized carbons (Fsp3) is 0.300. The van der Waals surface area contributed by atoms with Gasteiger partial charge in [0, 0.05) is 37.2 Å². The van der Waals surface area contributed by atoms with E-state index >= 15 is 0 Å². The number of carbonyl (C=O) groups is 2.